The van der Waals surface area contributed by atoms with Crippen LogP contribution >= 0.6 is 0 Å². The second-order valence-electron chi connectivity index (χ2n) is 5.81. The van der Waals surface area contributed by atoms with E-state index in [-0.39, 0.29) is 12.0 Å². The lowest BCUT2D eigenvalue weighted by molar-refractivity contribution is -0.00114. The average Bonchev–Trinajstić information content (AvgIpc) is 2.62. The lowest BCUT2D eigenvalue weighted by Gasteiger charge is -2.34. The normalized spacial score (nSPS) is 29.6. The van der Waals surface area contributed by atoms with E-state index in [9.17, 15) is 5.11 Å². The summed E-state index contributed by atoms with van der Waals surface area (Å²) in [6, 6.07) is 0. The van der Waals surface area contributed by atoms with Gasteiger partial charge in [-0.3, -0.25) is 0 Å². The minimum atomic E-state index is -0.136. The number of rotatable bonds is 6. The van der Waals surface area contributed by atoms with Crippen LogP contribution in [0, 0.1) is 11.3 Å². The van der Waals surface area contributed by atoms with Crippen LogP contribution in [-0.4, -0.2) is 30.5 Å². The average molecular weight is 229 g/mol. The van der Waals surface area contributed by atoms with Crippen LogP contribution in [0.2, 0.25) is 0 Å². The predicted molar refractivity (Wildman–Crippen MR) is 66.2 cm³/mol. The van der Waals surface area contributed by atoms with Gasteiger partial charge in [-0.15, -0.1) is 0 Å². The quantitative estimate of drug-likeness (QED) is 0.731. The lowest BCUT2D eigenvalue weighted by atomic mass is 9.76. The Morgan fingerprint density at radius 1 is 1.44 bits per heavy atom. The molecule has 3 unspecified atom stereocenters. The third-order valence-electron chi connectivity index (χ3n) is 3.59. The van der Waals surface area contributed by atoms with Gasteiger partial charge in [-0.05, 0) is 38.5 Å². The summed E-state index contributed by atoms with van der Waals surface area (Å²) < 4.78 is 5.84. The van der Waals surface area contributed by atoms with Crippen molar-refractivity contribution in [3.05, 3.63) is 0 Å². The van der Waals surface area contributed by atoms with E-state index < -0.39 is 0 Å². The van der Waals surface area contributed by atoms with Gasteiger partial charge in [0.2, 0.25) is 0 Å². The highest BCUT2D eigenvalue weighted by Gasteiger charge is 2.35. The fraction of sp³-hybridized carbons (Fsp3) is 1.00. The highest BCUT2D eigenvalue weighted by Crippen LogP contribution is 2.35. The van der Waals surface area contributed by atoms with Crippen molar-refractivity contribution in [2.24, 2.45) is 17.1 Å². The smallest absolute Gasteiger partial charge is 0.0586 e. The molecule has 96 valence electrons. The molecule has 1 aliphatic heterocycles. The molecule has 1 aliphatic rings. The Morgan fingerprint density at radius 3 is 2.50 bits per heavy atom. The fourth-order valence-electron chi connectivity index (χ4n) is 2.83. The number of aliphatic hydroxyl groups excluding tert-OH is 1. The molecule has 16 heavy (non-hydrogen) atoms. The van der Waals surface area contributed by atoms with Gasteiger partial charge in [-0.1, -0.05) is 13.8 Å². The summed E-state index contributed by atoms with van der Waals surface area (Å²) in [6.07, 6.45) is 4.80. The van der Waals surface area contributed by atoms with Crippen LogP contribution in [0.3, 0.4) is 0 Å². The molecule has 0 spiro atoms. The summed E-state index contributed by atoms with van der Waals surface area (Å²) in [5.74, 6) is 0.564. The molecule has 1 rings (SSSR count). The summed E-state index contributed by atoms with van der Waals surface area (Å²) >= 11 is 0. The van der Waals surface area contributed by atoms with Crippen molar-refractivity contribution in [3.63, 3.8) is 0 Å². The van der Waals surface area contributed by atoms with E-state index in [4.69, 9.17) is 10.5 Å². The maximum Gasteiger partial charge on any atom is 0.0586 e. The third-order valence-corrected chi connectivity index (χ3v) is 3.59. The van der Waals surface area contributed by atoms with Gasteiger partial charge < -0.3 is 15.6 Å². The van der Waals surface area contributed by atoms with Crippen molar-refractivity contribution in [3.8, 4) is 0 Å². The van der Waals surface area contributed by atoms with Crippen molar-refractivity contribution in [2.45, 2.75) is 58.7 Å². The Labute approximate surface area is 99.4 Å². The summed E-state index contributed by atoms with van der Waals surface area (Å²) in [6.45, 7) is 7.20. The van der Waals surface area contributed by atoms with Gasteiger partial charge in [0.05, 0.1) is 18.8 Å². The van der Waals surface area contributed by atoms with Gasteiger partial charge in [0.25, 0.3) is 0 Å². The van der Waals surface area contributed by atoms with Crippen molar-refractivity contribution in [1.82, 2.24) is 0 Å². The first-order valence-corrected chi connectivity index (χ1v) is 6.48. The van der Waals surface area contributed by atoms with Crippen LogP contribution in [0.5, 0.6) is 0 Å². The molecule has 1 heterocycles. The maximum absolute atomic E-state index is 9.62. The standard InChI is InChI=1S/C13H27NO2/c1-10(2)6-13(8-14,9-15)7-12-5-4-11(3)16-12/h10-12,15H,4-9,14H2,1-3H3. The van der Waals surface area contributed by atoms with E-state index in [1.165, 1.54) is 0 Å². The number of hydrogen-bond donors (Lipinski definition) is 2. The van der Waals surface area contributed by atoms with Crippen molar-refractivity contribution >= 4 is 0 Å². The van der Waals surface area contributed by atoms with Gasteiger partial charge in [-0.25, -0.2) is 0 Å². The van der Waals surface area contributed by atoms with Gasteiger partial charge in [0.1, 0.15) is 0 Å². The molecule has 3 heteroatoms. The Morgan fingerprint density at radius 2 is 2.12 bits per heavy atom. The van der Waals surface area contributed by atoms with Crippen LogP contribution in [-0.2, 0) is 4.74 Å². The number of hydrogen-bond acceptors (Lipinski definition) is 3. The Balaban J connectivity index is 2.55. The SMILES string of the molecule is CC(C)CC(CN)(CO)CC1CCC(C)O1. The molecule has 0 saturated carbocycles. The van der Waals surface area contributed by atoms with E-state index in [1.54, 1.807) is 0 Å². The molecule has 3 atom stereocenters. The summed E-state index contributed by atoms with van der Waals surface area (Å²) in [7, 11) is 0. The molecule has 0 radical (unpaired) electrons. The second kappa shape index (κ2) is 5.99. The van der Waals surface area contributed by atoms with Crippen molar-refractivity contribution < 1.29 is 9.84 Å². The molecular weight excluding hydrogens is 202 g/mol. The molecular formula is C13H27NO2. The minimum Gasteiger partial charge on any atom is -0.396 e. The Kier molecular flexibility index (Phi) is 5.22. The molecule has 3 N–H and O–H groups in total. The monoisotopic (exact) mass is 229 g/mol. The number of nitrogens with two attached hydrogens (primary N) is 1. The molecule has 0 bridgehead atoms. The van der Waals surface area contributed by atoms with Crippen LogP contribution < -0.4 is 5.73 Å². The van der Waals surface area contributed by atoms with Gasteiger partial charge in [-0.2, -0.15) is 0 Å². The molecule has 0 amide bonds. The first kappa shape index (κ1) is 13.9. The number of aliphatic hydroxyl groups is 1. The molecule has 0 aromatic heterocycles. The topological polar surface area (TPSA) is 55.5 Å². The van der Waals surface area contributed by atoms with Crippen molar-refractivity contribution in [2.75, 3.05) is 13.2 Å². The third kappa shape index (κ3) is 3.72. The van der Waals surface area contributed by atoms with E-state index in [2.05, 4.69) is 20.8 Å². The van der Waals surface area contributed by atoms with E-state index >= 15 is 0 Å². The van der Waals surface area contributed by atoms with E-state index in [0.29, 0.717) is 24.7 Å². The summed E-state index contributed by atoms with van der Waals surface area (Å²) in [4.78, 5) is 0. The zero-order chi connectivity index (χ0) is 12.2. The molecule has 3 nitrogen and oxygen atoms in total. The number of ether oxygens (including phenoxy) is 1. The fourth-order valence-corrected chi connectivity index (χ4v) is 2.83. The predicted octanol–water partition coefficient (Wildman–Crippen LogP) is 1.93. The van der Waals surface area contributed by atoms with Gasteiger partial charge in [0, 0.05) is 12.0 Å². The highest BCUT2D eigenvalue weighted by molar-refractivity contribution is 4.86. The van der Waals surface area contributed by atoms with Gasteiger partial charge >= 0.3 is 0 Å². The summed E-state index contributed by atoms with van der Waals surface area (Å²) in [5, 5.41) is 9.62. The van der Waals surface area contributed by atoms with Crippen LogP contribution in [0.4, 0.5) is 0 Å². The second-order valence-corrected chi connectivity index (χ2v) is 5.81. The molecule has 1 fully saturated rings. The Bertz CT molecular complexity index is 202. The van der Waals surface area contributed by atoms with E-state index in [1.807, 2.05) is 0 Å². The maximum atomic E-state index is 9.62. The van der Waals surface area contributed by atoms with E-state index in [0.717, 1.165) is 25.7 Å². The zero-order valence-electron chi connectivity index (χ0n) is 10.9. The van der Waals surface area contributed by atoms with Gasteiger partial charge in [0.15, 0.2) is 0 Å². The first-order valence-electron chi connectivity index (χ1n) is 6.48. The molecule has 1 saturated heterocycles. The lowest BCUT2D eigenvalue weighted by Crippen LogP contribution is -2.39. The first-order chi connectivity index (χ1) is 7.51. The van der Waals surface area contributed by atoms with Crippen LogP contribution in [0.25, 0.3) is 0 Å². The Hall–Kier alpha value is -0.120. The van der Waals surface area contributed by atoms with Crippen LogP contribution in [0.15, 0.2) is 0 Å². The minimum absolute atomic E-state index is 0.136. The molecule has 0 aromatic rings. The zero-order valence-corrected chi connectivity index (χ0v) is 10.9. The largest absolute Gasteiger partial charge is 0.396 e. The van der Waals surface area contributed by atoms with Crippen molar-refractivity contribution in [1.29, 1.82) is 0 Å². The molecule has 0 aliphatic carbocycles. The summed E-state index contributed by atoms with van der Waals surface area (Å²) in [5.41, 5.74) is 5.73. The van der Waals surface area contributed by atoms with Crippen LogP contribution in [0.1, 0.15) is 46.5 Å². The highest BCUT2D eigenvalue weighted by atomic mass is 16.5. The molecule has 0 aromatic carbocycles.